The Morgan fingerprint density at radius 3 is 2.82 bits per heavy atom. The van der Waals surface area contributed by atoms with Crippen molar-refractivity contribution in [3.63, 3.8) is 0 Å². The van der Waals surface area contributed by atoms with Crippen LogP contribution in [0.4, 0.5) is 5.82 Å². The first-order valence-corrected chi connectivity index (χ1v) is 5.90. The van der Waals surface area contributed by atoms with E-state index < -0.39 is 0 Å². The zero-order valence-corrected chi connectivity index (χ0v) is 10.9. The molecule has 0 aromatic carbocycles. The highest BCUT2D eigenvalue weighted by Gasteiger charge is 2.16. The maximum Gasteiger partial charge on any atom is 0.163 e. The van der Waals surface area contributed by atoms with Crippen LogP contribution in [0, 0.1) is 5.41 Å². The average molecular weight is 233 g/mol. The number of hydrogen-bond donors (Lipinski definition) is 1. The quantitative estimate of drug-likeness (QED) is 0.879. The second-order valence-electron chi connectivity index (χ2n) is 5.10. The lowest BCUT2D eigenvalue weighted by Gasteiger charge is -2.23. The Kier molecular flexibility index (Phi) is 3.00. The first-order chi connectivity index (χ1) is 8.03. The van der Waals surface area contributed by atoms with Gasteiger partial charge >= 0.3 is 0 Å². The molecule has 0 radical (unpaired) electrons. The van der Waals surface area contributed by atoms with E-state index in [1.54, 1.807) is 17.2 Å². The summed E-state index contributed by atoms with van der Waals surface area (Å²) in [6.45, 7) is 7.56. The lowest BCUT2D eigenvalue weighted by molar-refractivity contribution is 0.376. The van der Waals surface area contributed by atoms with Crippen molar-refractivity contribution in [2.75, 3.05) is 11.9 Å². The third-order valence-corrected chi connectivity index (χ3v) is 3.22. The van der Waals surface area contributed by atoms with Gasteiger partial charge in [0.05, 0.1) is 11.6 Å². The Hall–Kier alpha value is -1.65. The van der Waals surface area contributed by atoms with Gasteiger partial charge in [-0.05, 0) is 11.8 Å². The molecule has 0 aliphatic carbocycles. The molecule has 2 rings (SSSR count). The van der Waals surface area contributed by atoms with Crippen LogP contribution in [0.2, 0.25) is 0 Å². The van der Waals surface area contributed by atoms with Crippen molar-refractivity contribution in [1.82, 2.24) is 19.7 Å². The molecule has 0 saturated heterocycles. The summed E-state index contributed by atoms with van der Waals surface area (Å²) in [6.07, 6.45) is 4.50. The zero-order valence-electron chi connectivity index (χ0n) is 10.9. The van der Waals surface area contributed by atoms with Crippen LogP contribution in [0.5, 0.6) is 0 Å². The molecule has 0 aliphatic heterocycles. The number of nitrogens with zero attached hydrogens (tertiary/aromatic N) is 4. The van der Waals surface area contributed by atoms with Gasteiger partial charge in [0.25, 0.3) is 0 Å². The van der Waals surface area contributed by atoms with E-state index >= 15 is 0 Å². The normalized spacial score (nSPS) is 12.0. The predicted molar refractivity (Wildman–Crippen MR) is 68.9 cm³/mol. The molecule has 0 saturated carbocycles. The monoisotopic (exact) mass is 233 g/mol. The highest BCUT2D eigenvalue weighted by Crippen LogP contribution is 2.23. The zero-order chi connectivity index (χ0) is 12.5. The summed E-state index contributed by atoms with van der Waals surface area (Å²) in [5.41, 5.74) is 1.12. The van der Waals surface area contributed by atoms with Gasteiger partial charge in [0.1, 0.15) is 12.1 Å². The van der Waals surface area contributed by atoms with Gasteiger partial charge < -0.3 is 5.32 Å². The highest BCUT2D eigenvalue weighted by molar-refractivity contribution is 5.85. The lowest BCUT2D eigenvalue weighted by atomic mass is 9.90. The van der Waals surface area contributed by atoms with E-state index in [-0.39, 0.29) is 5.41 Å². The number of anilines is 1. The van der Waals surface area contributed by atoms with Gasteiger partial charge in [-0.25, -0.2) is 9.97 Å². The Morgan fingerprint density at radius 1 is 1.35 bits per heavy atom. The molecular weight excluding hydrogens is 214 g/mol. The summed E-state index contributed by atoms with van der Waals surface area (Å²) in [5, 5.41) is 8.56. The molecule has 17 heavy (non-hydrogen) atoms. The van der Waals surface area contributed by atoms with Crippen LogP contribution in [0.15, 0.2) is 12.5 Å². The summed E-state index contributed by atoms with van der Waals surface area (Å²) in [4.78, 5) is 8.50. The average Bonchev–Trinajstić information content (AvgIpc) is 2.70. The first kappa shape index (κ1) is 11.8. The van der Waals surface area contributed by atoms with Gasteiger partial charge in [0.2, 0.25) is 0 Å². The topological polar surface area (TPSA) is 55.6 Å². The third-order valence-electron chi connectivity index (χ3n) is 3.22. The van der Waals surface area contributed by atoms with Crippen LogP contribution in [0.1, 0.15) is 27.2 Å². The van der Waals surface area contributed by atoms with Gasteiger partial charge in [0, 0.05) is 13.6 Å². The van der Waals surface area contributed by atoms with Crippen LogP contribution in [0.3, 0.4) is 0 Å². The van der Waals surface area contributed by atoms with E-state index in [2.05, 4.69) is 41.2 Å². The number of nitrogens with one attached hydrogen (secondary N) is 1. The summed E-state index contributed by atoms with van der Waals surface area (Å²) < 4.78 is 1.76. The van der Waals surface area contributed by atoms with Crippen LogP contribution in [-0.2, 0) is 7.05 Å². The number of aromatic nitrogens is 4. The van der Waals surface area contributed by atoms with Gasteiger partial charge in [-0.3, -0.25) is 4.68 Å². The summed E-state index contributed by atoms with van der Waals surface area (Å²) in [6, 6.07) is 0. The molecule has 0 spiro atoms. The standard InChI is InChI=1S/C12H19N5/c1-5-12(2,3)7-13-10-9-6-16-17(4)11(9)15-8-14-10/h6,8H,5,7H2,1-4H3,(H,13,14,15). The molecule has 5 nitrogen and oxygen atoms in total. The lowest BCUT2D eigenvalue weighted by Crippen LogP contribution is -2.22. The minimum absolute atomic E-state index is 0.263. The molecule has 2 aromatic rings. The SMILES string of the molecule is CCC(C)(C)CNc1ncnc2c1cnn2C. The summed E-state index contributed by atoms with van der Waals surface area (Å²) in [7, 11) is 1.88. The fourth-order valence-electron chi connectivity index (χ4n) is 1.55. The maximum absolute atomic E-state index is 4.28. The smallest absolute Gasteiger partial charge is 0.163 e. The fraction of sp³-hybridized carbons (Fsp3) is 0.583. The molecule has 0 amide bonds. The van der Waals surface area contributed by atoms with Crippen molar-refractivity contribution >= 4 is 16.9 Å². The van der Waals surface area contributed by atoms with E-state index in [0.717, 1.165) is 29.8 Å². The van der Waals surface area contributed by atoms with Crippen LogP contribution >= 0.6 is 0 Å². The number of rotatable bonds is 4. The van der Waals surface area contributed by atoms with Crippen molar-refractivity contribution < 1.29 is 0 Å². The molecular formula is C12H19N5. The molecule has 2 heterocycles. The Morgan fingerprint density at radius 2 is 2.12 bits per heavy atom. The molecule has 0 bridgehead atoms. The minimum atomic E-state index is 0.263. The van der Waals surface area contributed by atoms with Gasteiger partial charge in [-0.15, -0.1) is 0 Å². The van der Waals surface area contributed by atoms with E-state index in [1.165, 1.54) is 0 Å². The van der Waals surface area contributed by atoms with Crippen molar-refractivity contribution in [2.24, 2.45) is 12.5 Å². The third kappa shape index (κ3) is 2.38. The van der Waals surface area contributed by atoms with Crippen molar-refractivity contribution in [3.05, 3.63) is 12.5 Å². The Bertz CT molecular complexity index is 515. The molecule has 0 aliphatic rings. The van der Waals surface area contributed by atoms with Crippen molar-refractivity contribution in [2.45, 2.75) is 27.2 Å². The second kappa shape index (κ2) is 4.31. The number of fused-ring (bicyclic) bond motifs is 1. The van der Waals surface area contributed by atoms with E-state index in [4.69, 9.17) is 0 Å². The van der Waals surface area contributed by atoms with Crippen molar-refractivity contribution in [3.8, 4) is 0 Å². The van der Waals surface area contributed by atoms with Gasteiger partial charge in [-0.1, -0.05) is 20.8 Å². The van der Waals surface area contributed by atoms with Crippen molar-refractivity contribution in [1.29, 1.82) is 0 Å². The predicted octanol–water partition coefficient (Wildman–Crippen LogP) is 2.21. The Balaban J connectivity index is 2.25. The number of hydrogen-bond acceptors (Lipinski definition) is 4. The molecule has 0 unspecified atom stereocenters. The molecule has 92 valence electrons. The molecule has 2 aromatic heterocycles. The van der Waals surface area contributed by atoms with E-state index in [0.29, 0.717) is 0 Å². The van der Waals surface area contributed by atoms with Gasteiger partial charge in [-0.2, -0.15) is 5.10 Å². The number of aryl methyl sites for hydroxylation is 1. The molecule has 0 fully saturated rings. The van der Waals surface area contributed by atoms with Crippen LogP contribution < -0.4 is 5.32 Å². The maximum atomic E-state index is 4.28. The second-order valence-corrected chi connectivity index (χ2v) is 5.10. The molecule has 5 heteroatoms. The van der Waals surface area contributed by atoms with E-state index in [1.807, 2.05) is 7.05 Å². The minimum Gasteiger partial charge on any atom is -0.369 e. The molecule has 0 atom stereocenters. The van der Waals surface area contributed by atoms with Crippen LogP contribution in [-0.4, -0.2) is 26.3 Å². The first-order valence-electron chi connectivity index (χ1n) is 5.90. The largest absolute Gasteiger partial charge is 0.369 e. The van der Waals surface area contributed by atoms with Crippen LogP contribution in [0.25, 0.3) is 11.0 Å². The molecule has 1 N–H and O–H groups in total. The highest BCUT2D eigenvalue weighted by atomic mass is 15.3. The Labute approximate surface area is 101 Å². The fourth-order valence-corrected chi connectivity index (χ4v) is 1.55. The summed E-state index contributed by atoms with van der Waals surface area (Å²) in [5.74, 6) is 0.865. The van der Waals surface area contributed by atoms with Gasteiger partial charge in [0.15, 0.2) is 5.65 Å². The summed E-state index contributed by atoms with van der Waals surface area (Å²) >= 11 is 0. The van der Waals surface area contributed by atoms with E-state index in [9.17, 15) is 0 Å².